The second-order valence-electron chi connectivity index (χ2n) is 6.03. The van der Waals surface area contributed by atoms with E-state index in [1.165, 1.54) is 0 Å². The smallest absolute Gasteiger partial charge is 0.255 e. The number of carbonyl (C=O) groups excluding carboxylic acids is 1. The van der Waals surface area contributed by atoms with E-state index in [0.29, 0.717) is 37.7 Å². The molecule has 1 atom stereocenters. The first-order valence-electron chi connectivity index (χ1n) is 7.97. The molecule has 26 heavy (non-hydrogen) atoms. The molecule has 0 unspecified atom stereocenters. The van der Waals surface area contributed by atoms with Gasteiger partial charge in [-0.05, 0) is 50.3 Å². The van der Waals surface area contributed by atoms with Crippen molar-refractivity contribution < 1.29 is 4.79 Å². The molecule has 1 heterocycles. The van der Waals surface area contributed by atoms with Crippen LogP contribution in [0.5, 0.6) is 0 Å². The van der Waals surface area contributed by atoms with Crippen molar-refractivity contribution >= 4 is 52.1 Å². The molecule has 0 aliphatic carbocycles. The highest BCUT2D eigenvalue weighted by Gasteiger charge is 2.32. The number of allylic oxidation sites excluding steroid dienone is 1. The minimum atomic E-state index is -0.546. The van der Waals surface area contributed by atoms with Gasteiger partial charge in [0.05, 0.1) is 11.6 Å². The molecule has 0 saturated carbocycles. The molecular formula is C19H17Cl2N3OS. The molecule has 2 aromatic carbocycles. The Hall–Kier alpha value is -2.08. The molecule has 0 saturated heterocycles. The van der Waals surface area contributed by atoms with E-state index in [-0.39, 0.29) is 5.91 Å². The molecule has 1 amide bonds. The number of benzene rings is 2. The third-order valence-electron chi connectivity index (χ3n) is 4.11. The van der Waals surface area contributed by atoms with E-state index >= 15 is 0 Å². The van der Waals surface area contributed by atoms with Gasteiger partial charge in [-0.3, -0.25) is 4.79 Å². The maximum atomic E-state index is 13.0. The summed E-state index contributed by atoms with van der Waals surface area (Å²) in [6, 6.07) is 12.3. The quantitative estimate of drug-likeness (QED) is 0.645. The zero-order valence-electron chi connectivity index (χ0n) is 14.2. The van der Waals surface area contributed by atoms with Gasteiger partial charge in [-0.1, -0.05) is 47.0 Å². The van der Waals surface area contributed by atoms with Crippen molar-refractivity contribution in [3.63, 3.8) is 0 Å². The predicted molar refractivity (Wildman–Crippen MR) is 111 cm³/mol. The lowest BCUT2D eigenvalue weighted by Crippen LogP contribution is -2.46. The van der Waals surface area contributed by atoms with Crippen LogP contribution in [0, 0.1) is 6.92 Å². The Balaban J connectivity index is 2.00. The normalized spacial score (nSPS) is 16.8. The second-order valence-corrected chi connectivity index (χ2v) is 7.25. The molecule has 7 heteroatoms. The fourth-order valence-corrected chi connectivity index (χ4v) is 3.72. The Bertz CT molecular complexity index is 889. The molecule has 0 fully saturated rings. The average molecular weight is 406 g/mol. The Kier molecular flexibility index (Phi) is 5.51. The van der Waals surface area contributed by atoms with Crippen LogP contribution in [-0.2, 0) is 4.79 Å². The highest BCUT2D eigenvalue weighted by Crippen LogP contribution is 2.36. The molecule has 134 valence electrons. The van der Waals surface area contributed by atoms with Crippen LogP contribution < -0.4 is 16.0 Å². The fourth-order valence-electron chi connectivity index (χ4n) is 2.83. The minimum Gasteiger partial charge on any atom is -0.351 e. The molecule has 3 N–H and O–H groups in total. The number of amides is 1. The summed E-state index contributed by atoms with van der Waals surface area (Å²) in [5, 5.41) is 10.4. The van der Waals surface area contributed by atoms with Crippen LogP contribution in [0.1, 0.15) is 24.1 Å². The second kappa shape index (κ2) is 7.66. The Labute approximate surface area is 167 Å². The number of carbonyl (C=O) groups is 1. The molecular weight excluding hydrogens is 389 g/mol. The number of hydrogen-bond donors (Lipinski definition) is 3. The Morgan fingerprint density at radius 1 is 1.08 bits per heavy atom. The van der Waals surface area contributed by atoms with Gasteiger partial charge >= 0.3 is 0 Å². The third-order valence-corrected chi connectivity index (χ3v) is 4.99. The SMILES string of the molecule is CC1=C(C(=O)Nc2ccc(C)cc2)[C@H](c2c(Cl)cccc2Cl)NC(=S)N1. The van der Waals surface area contributed by atoms with E-state index in [9.17, 15) is 4.79 Å². The highest BCUT2D eigenvalue weighted by atomic mass is 35.5. The van der Waals surface area contributed by atoms with Crippen LogP contribution >= 0.6 is 35.4 Å². The summed E-state index contributed by atoms with van der Waals surface area (Å²) in [5.74, 6) is -0.255. The number of anilines is 1. The minimum absolute atomic E-state index is 0.255. The van der Waals surface area contributed by atoms with Gasteiger partial charge in [0.2, 0.25) is 0 Å². The zero-order valence-corrected chi connectivity index (χ0v) is 16.5. The van der Waals surface area contributed by atoms with Crippen molar-refractivity contribution in [2.24, 2.45) is 0 Å². The first-order valence-corrected chi connectivity index (χ1v) is 9.13. The van der Waals surface area contributed by atoms with Crippen molar-refractivity contribution in [2.75, 3.05) is 5.32 Å². The van der Waals surface area contributed by atoms with Crippen molar-refractivity contribution in [1.82, 2.24) is 10.6 Å². The van der Waals surface area contributed by atoms with Gasteiger partial charge < -0.3 is 16.0 Å². The van der Waals surface area contributed by atoms with Gasteiger partial charge in [0.25, 0.3) is 5.91 Å². The standard InChI is InChI=1S/C19H17Cl2N3OS/c1-10-6-8-12(9-7-10)23-18(25)15-11(2)22-19(26)24-17(15)16-13(20)4-3-5-14(16)21/h3-9,17H,1-2H3,(H,23,25)(H2,22,24,26)/t17-/m1/s1. The van der Waals surface area contributed by atoms with E-state index in [0.717, 1.165) is 5.56 Å². The third kappa shape index (κ3) is 3.85. The van der Waals surface area contributed by atoms with Crippen molar-refractivity contribution in [2.45, 2.75) is 19.9 Å². The maximum Gasteiger partial charge on any atom is 0.255 e. The fraction of sp³-hybridized carbons (Fsp3) is 0.158. The lowest BCUT2D eigenvalue weighted by Gasteiger charge is -2.31. The molecule has 0 radical (unpaired) electrons. The molecule has 0 spiro atoms. The van der Waals surface area contributed by atoms with Gasteiger partial charge in [-0.2, -0.15) is 0 Å². The van der Waals surface area contributed by atoms with Crippen LogP contribution in [0.15, 0.2) is 53.7 Å². The number of halogens is 2. The first kappa shape index (κ1) is 18.7. The van der Waals surface area contributed by atoms with E-state index in [2.05, 4.69) is 16.0 Å². The highest BCUT2D eigenvalue weighted by molar-refractivity contribution is 7.80. The summed E-state index contributed by atoms with van der Waals surface area (Å²) < 4.78 is 0. The topological polar surface area (TPSA) is 53.2 Å². The lowest BCUT2D eigenvalue weighted by molar-refractivity contribution is -0.113. The van der Waals surface area contributed by atoms with Crippen LogP contribution in [0.25, 0.3) is 0 Å². The molecule has 0 bridgehead atoms. The average Bonchev–Trinajstić information content (AvgIpc) is 2.56. The Morgan fingerprint density at radius 2 is 1.69 bits per heavy atom. The molecule has 0 aromatic heterocycles. The number of aryl methyl sites for hydroxylation is 1. The van der Waals surface area contributed by atoms with Crippen molar-refractivity contribution in [3.05, 3.63) is 74.9 Å². The number of rotatable bonds is 3. The lowest BCUT2D eigenvalue weighted by atomic mass is 9.94. The van der Waals surface area contributed by atoms with E-state index in [1.54, 1.807) is 25.1 Å². The first-order chi connectivity index (χ1) is 12.4. The molecule has 3 rings (SSSR count). The van der Waals surface area contributed by atoms with E-state index in [4.69, 9.17) is 35.4 Å². The van der Waals surface area contributed by atoms with Gasteiger partial charge in [0, 0.05) is 27.0 Å². The Morgan fingerprint density at radius 3 is 2.31 bits per heavy atom. The summed E-state index contributed by atoms with van der Waals surface area (Å²) in [6.45, 7) is 3.79. The van der Waals surface area contributed by atoms with Crippen LogP contribution in [0.2, 0.25) is 10.0 Å². The van der Waals surface area contributed by atoms with E-state index < -0.39 is 6.04 Å². The maximum absolute atomic E-state index is 13.0. The zero-order chi connectivity index (χ0) is 18.8. The monoisotopic (exact) mass is 405 g/mol. The van der Waals surface area contributed by atoms with Gasteiger partial charge in [-0.25, -0.2) is 0 Å². The predicted octanol–water partition coefficient (Wildman–Crippen LogP) is 4.73. The molecule has 1 aliphatic rings. The molecule has 1 aliphatic heterocycles. The van der Waals surface area contributed by atoms with E-state index in [1.807, 2.05) is 31.2 Å². The van der Waals surface area contributed by atoms with Crippen molar-refractivity contribution in [1.29, 1.82) is 0 Å². The van der Waals surface area contributed by atoms with Gasteiger partial charge in [0.1, 0.15) is 0 Å². The summed E-state index contributed by atoms with van der Waals surface area (Å²) in [6.07, 6.45) is 0. The van der Waals surface area contributed by atoms with Gasteiger partial charge in [-0.15, -0.1) is 0 Å². The summed E-state index contributed by atoms with van der Waals surface area (Å²) in [5.41, 5.74) is 3.57. The number of nitrogens with one attached hydrogen (secondary N) is 3. The molecule has 2 aromatic rings. The van der Waals surface area contributed by atoms with Crippen LogP contribution in [-0.4, -0.2) is 11.0 Å². The largest absolute Gasteiger partial charge is 0.351 e. The summed E-state index contributed by atoms with van der Waals surface area (Å²) in [4.78, 5) is 13.0. The van der Waals surface area contributed by atoms with Gasteiger partial charge in [0.15, 0.2) is 5.11 Å². The summed E-state index contributed by atoms with van der Waals surface area (Å²) >= 11 is 18.0. The number of thiocarbonyl (C=S) groups is 1. The summed E-state index contributed by atoms with van der Waals surface area (Å²) in [7, 11) is 0. The molecule has 4 nitrogen and oxygen atoms in total. The number of hydrogen-bond acceptors (Lipinski definition) is 2. The van der Waals surface area contributed by atoms with Crippen LogP contribution in [0.3, 0.4) is 0 Å². The van der Waals surface area contributed by atoms with Crippen LogP contribution in [0.4, 0.5) is 5.69 Å². The van der Waals surface area contributed by atoms with Crippen molar-refractivity contribution in [3.8, 4) is 0 Å².